The highest BCUT2D eigenvalue weighted by Gasteiger charge is 2.48. The normalized spacial score (nSPS) is 18.1. The average molecular weight is 993 g/mol. The van der Waals surface area contributed by atoms with Crippen molar-refractivity contribution in [3.63, 3.8) is 0 Å². The van der Waals surface area contributed by atoms with E-state index in [-0.39, 0.29) is 44.3 Å². The summed E-state index contributed by atoms with van der Waals surface area (Å²) in [4.78, 5) is 43.5. The van der Waals surface area contributed by atoms with Crippen LogP contribution in [-0.4, -0.2) is 93.8 Å². The lowest BCUT2D eigenvalue weighted by molar-refractivity contribution is -0.231. The van der Waals surface area contributed by atoms with Crippen molar-refractivity contribution in [3.8, 4) is 0 Å². The predicted molar refractivity (Wildman–Crippen MR) is 284 cm³/mol. The van der Waals surface area contributed by atoms with Gasteiger partial charge in [0.05, 0.1) is 6.61 Å². The van der Waals surface area contributed by atoms with Crippen molar-refractivity contribution in [2.75, 3.05) is 13.2 Å². The van der Waals surface area contributed by atoms with Crippen molar-refractivity contribution >= 4 is 23.8 Å². The van der Waals surface area contributed by atoms with Crippen molar-refractivity contribution in [3.05, 3.63) is 71.8 Å². The molecule has 402 valence electrons. The zero-order valence-electron chi connectivity index (χ0n) is 44.0. The first-order chi connectivity index (χ1) is 34.7. The van der Waals surface area contributed by atoms with Gasteiger partial charge >= 0.3 is 6.09 Å². The number of amides is 3. The molecule has 13 heteroatoms. The summed E-state index contributed by atoms with van der Waals surface area (Å²) in [5.41, 5.74) is 1.62. The van der Waals surface area contributed by atoms with Gasteiger partial charge in [-0.05, 0) is 30.4 Å². The third-order valence-electron chi connectivity index (χ3n) is 13.8. The fraction of sp³-hybridized carbons (Fsp3) is 0.724. The van der Waals surface area contributed by atoms with Crippen LogP contribution in [0.25, 0.3) is 0 Å². The molecular formula is C58H96N4O9. The van der Waals surface area contributed by atoms with Crippen LogP contribution in [0.15, 0.2) is 60.7 Å². The standard InChI is InChI=1S/C58H96N4O9/c1-3-5-7-9-11-13-15-17-18-19-20-22-24-26-34-40-52(64)62(43-35-27-25-23-21-16-14-12-10-8-6-4-2)57-53(55(66)54(65)50(44-63)71-57)61-56(67)49(60-58(68)70-46-48-38-32-29-33-39-48)41-42-51(59)69-45-47-36-30-28-31-37-47/h28-33,36-39,49-50,53-55,57,59,63,65-66H,3-27,34-35,40-46H2,1-2H3,(H,60,68)(H,61,67)/t49-,50+,53+,54+,55+,57+/m0/s1. The number of aliphatic hydroxyl groups excluding tert-OH is 3. The molecule has 0 saturated carbocycles. The van der Waals surface area contributed by atoms with Gasteiger partial charge in [-0.3, -0.25) is 15.0 Å². The number of hydrogen-bond donors (Lipinski definition) is 6. The van der Waals surface area contributed by atoms with Crippen molar-refractivity contribution in [1.29, 1.82) is 5.41 Å². The molecule has 1 aliphatic rings. The Morgan fingerprint density at radius 3 is 1.51 bits per heavy atom. The molecule has 1 fully saturated rings. The molecule has 3 amide bonds. The van der Waals surface area contributed by atoms with Gasteiger partial charge in [-0.15, -0.1) is 0 Å². The first kappa shape index (κ1) is 61.3. The fourth-order valence-corrected chi connectivity index (χ4v) is 9.36. The number of carbonyl (C=O) groups is 3. The van der Waals surface area contributed by atoms with E-state index in [9.17, 15) is 29.7 Å². The van der Waals surface area contributed by atoms with Gasteiger partial charge in [0.15, 0.2) is 12.1 Å². The molecule has 6 atom stereocenters. The second-order valence-electron chi connectivity index (χ2n) is 19.9. The molecule has 71 heavy (non-hydrogen) atoms. The fourth-order valence-electron chi connectivity index (χ4n) is 9.36. The van der Waals surface area contributed by atoms with Gasteiger partial charge < -0.3 is 45.1 Å². The third kappa shape index (κ3) is 27.0. The molecule has 0 spiro atoms. The Bertz CT molecular complexity index is 1670. The van der Waals surface area contributed by atoms with Crippen molar-refractivity contribution in [2.24, 2.45) is 0 Å². The topological polar surface area (TPSA) is 191 Å². The lowest BCUT2D eigenvalue weighted by Crippen LogP contribution is -2.70. The summed E-state index contributed by atoms with van der Waals surface area (Å²) in [6.07, 6.45) is 25.6. The van der Waals surface area contributed by atoms with Crippen molar-refractivity contribution < 1.29 is 43.9 Å². The Morgan fingerprint density at radius 2 is 1.04 bits per heavy atom. The van der Waals surface area contributed by atoms with E-state index in [0.717, 1.165) is 49.7 Å². The number of rotatable bonds is 41. The monoisotopic (exact) mass is 993 g/mol. The number of benzene rings is 2. The van der Waals surface area contributed by atoms with E-state index < -0.39 is 55.2 Å². The first-order valence-corrected chi connectivity index (χ1v) is 28.1. The number of alkyl carbamates (subject to hydrolysis) is 1. The maximum absolute atomic E-state index is 14.4. The van der Waals surface area contributed by atoms with E-state index in [1.54, 1.807) is 4.90 Å². The molecule has 0 radical (unpaired) electrons. The van der Waals surface area contributed by atoms with E-state index in [0.29, 0.717) is 19.4 Å². The van der Waals surface area contributed by atoms with Gasteiger partial charge in [-0.25, -0.2) is 4.79 Å². The molecule has 6 N–H and O–H groups in total. The summed E-state index contributed by atoms with van der Waals surface area (Å²) in [6.45, 7) is 4.29. The summed E-state index contributed by atoms with van der Waals surface area (Å²) >= 11 is 0. The minimum absolute atomic E-state index is 0.0188. The van der Waals surface area contributed by atoms with Gasteiger partial charge in [0.25, 0.3) is 0 Å². The smallest absolute Gasteiger partial charge is 0.408 e. The molecule has 2 aromatic carbocycles. The summed E-state index contributed by atoms with van der Waals surface area (Å²) in [7, 11) is 0. The van der Waals surface area contributed by atoms with E-state index in [4.69, 9.17) is 19.6 Å². The zero-order valence-corrected chi connectivity index (χ0v) is 44.0. The van der Waals surface area contributed by atoms with Gasteiger partial charge in [-0.1, -0.05) is 235 Å². The van der Waals surface area contributed by atoms with Crippen LogP contribution in [0.2, 0.25) is 0 Å². The van der Waals surface area contributed by atoms with E-state index in [2.05, 4.69) is 24.5 Å². The predicted octanol–water partition coefficient (Wildman–Crippen LogP) is 12.0. The molecule has 0 unspecified atom stereocenters. The Hall–Kier alpha value is -4.04. The average Bonchev–Trinajstić information content (AvgIpc) is 3.38. The summed E-state index contributed by atoms with van der Waals surface area (Å²) in [5.74, 6) is -1.01. The highest BCUT2D eigenvalue weighted by atomic mass is 16.6. The minimum atomic E-state index is -1.63. The second kappa shape index (κ2) is 39.5. The maximum atomic E-state index is 14.4. The zero-order chi connectivity index (χ0) is 51.2. The Morgan fingerprint density at radius 1 is 0.606 bits per heavy atom. The Kier molecular flexibility index (Phi) is 34.1. The van der Waals surface area contributed by atoms with Crippen LogP contribution in [0.1, 0.15) is 218 Å². The van der Waals surface area contributed by atoms with Crippen LogP contribution in [-0.2, 0) is 37.0 Å². The van der Waals surface area contributed by atoms with Crippen LogP contribution >= 0.6 is 0 Å². The highest BCUT2D eigenvalue weighted by molar-refractivity contribution is 5.87. The molecule has 0 aliphatic carbocycles. The maximum Gasteiger partial charge on any atom is 0.408 e. The van der Waals surface area contributed by atoms with Crippen LogP contribution in [0.3, 0.4) is 0 Å². The van der Waals surface area contributed by atoms with Gasteiger partial charge in [-0.2, -0.15) is 0 Å². The van der Waals surface area contributed by atoms with Gasteiger partial charge in [0.1, 0.15) is 43.6 Å². The van der Waals surface area contributed by atoms with E-state index in [1.807, 2.05) is 60.7 Å². The van der Waals surface area contributed by atoms with Crippen LogP contribution in [0.5, 0.6) is 0 Å². The molecule has 1 aliphatic heterocycles. The van der Waals surface area contributed by atoms with Crippen LogP contribution < -0.4 is 10.6 Å². The second-order valence-corrected chi connectivity index (χ2v) is 19.9. The number of hydrogen-bond acceptors (Lipinski definition) is 10. The molecule has 0 bridgehead atoms. The number of nitrogens with one attached hydrogen (secondary N) is 3. The molecule has 1 heterocycles. The minimum Gasteiger partial charge on any atom is -0.476 e. The molecular weight excluding hydrogens is 897 g/mol. The van der Waals surface area contributed by atoms with Gasteiger partial charge in [0, 0.05) is 19.4 Å². The number of carbonyl (C=O) groups excluding carboxylic acids is 3. The first-order valence-electron chi connectivity index (χ1n) is 28.1. The molecule has 0 aromatic heterocycles. The lowest BCUT2D eigenvalue weighted by Gasteiger charge is -2.47. The lowest BCUT2D eigenvalue weighted by atomic mass is 9.94. The number of ether oxygens (including phenoxy) is 3. The summed E-state index contributed by atoms with van der Waals surface area (Å²) in [6, 6.07) is 15.9. The van der Waals surface area contributed by atoms with Gasteiger partial charge in [0.2, 0.25) is 11.8 Å². The van der Waals surface area contributed by atoms with E-state index in [1.165, 1.54) is 122 Å². The molecule has 3 rings (SSSR count). The molecule has 13 nitrogen and oxygen atoms in total. The SMILES string of the molecule is CCCCCCCCCCCCCCCCCC(=O)N(CCCCCCCCCCCCCC)[C@@H]1O[C@H](CO)[C@@H](O)[C@H](O)[C@H]1NC(=O)[C@H](CCC(=N)OCc1ccccc1)NC(=O)OCc1ccccc1. The summed E-state index contributed by atoms with van der Waals surface area (Å²) < 4.78 is 17.4. The van der Waals surface area contributed by atoms with Crippen molar-refractivity contribution in [1.82, 2.24) is 15.5 Å². The third-order valence-corrected chi connectivity index (χ3v) is 13.8. The van der Waals surface area contributed by atoms with Crippen LogP contribution in [0.4, 0.5) is 4.79 Å². The van der Waals surface area contributed by atoms with Crippen LogP contribution in [0, 0.1) is 5.41 Å². The Labute approximate surface area is 428 Å². The quantitative estimate of drug-likeness (QED) is 0.0214. The molecule has 2 aromatic rings. The molecule has 1 saturated heterocycles. The summed E-state index contributed by atoms with van der Waals surface area (Å²) in [5, 5.41) is 47.1. The van der Waals surface area contributed by atoms with Crippen molar-refractivity contribution in [2.45, 2.75) is 256 Å². The largest absolute Gasteiger partial charge is 0.476 e. The van der Waals surface area contributed by atoms with E-state index >= 15 is 0 Å². The number of nitrogens with zero attached hydrogens (tertiary/aromatic N) is 1. The Balaban J connectivity index is 1.69. The number of unbranched alkanes of at least 4 members (excludes halogenated alkanes) is 25. The number of aliphatic hydroxyl groups is 3. The highest BCUT2D eigenvalue weighted by Crippen LogP contribution is 2.27.